The fourth-order valence-corrected chi connectivity index (χ4v) is 5.15. The van der Waals surface area contributed by atoms with Gasteiger partial charge in [0.25, 0.3) is 0 Å². The van der Waals surface area contributed by atoms with E-state index in [2.05, 4.69) is 30.5 Å². The lowest BCUT2D eigenvalue weighted by Gasteiger charge is -2.39. The highest BCUT2D eigenvalue weighted by molar-refractivity contribution is 6.32. The standard InChI is InChI=1S/C29H25ClFN7O/c30-25-12-21(5-9-28(25)39-16-18-2-1-3-20(31)10-18)34-29-24-11-19(4-8-26(24)32-17-33-29)27-15-38(36-35-27)23-13-37(14-23)22-6-7-22/h1-5,8-12,15,17,22-23H,6-7,13-14,16H2,(H,32,33,34). The molecule has 0 unspecified atom stereocenters. The van der Waals surface area contributed by atoms with Crippen molar-refractivity contribution in [3.05, 3.63) is 89.6 Å². The second-order valence-electron chi connectivity index (χ2n) is 10.1. The number of aromatic nitrogens is 5. The van der Waals surface area contributed by atoms with E-state index in [1.165, 1.54) is 31.3 Å². The first-order chi connectivity index (χ1) is 19.1. The molecule has 8 nitrogen and oxygen atoms in total. The molecule has 7 rings (SSSR count). The molecule has 2 aromatic heterocycles. The zero-order chi connectivity index (χ0) is 26.3. The summed E-state index contributed by atoms with van der Waals surface area (Å²) >= 11 is 6.50. The molecule has 0 amide bonds. The lowest BCUT2D eigenvalue weighted by molar-refractivity contribution is 0.0890. The first kappa shape index (κ1) is 24.0. The van der Waals surface area contributed by atoms with Gasteiger partial charge in [0.2, 0.25) is 0 Å². The Balaban J connectivity index is 1.08. The van der Waals surface area contributed by atoms with Crippen LogP contribution < -0.4 is 10.1 Å². The summed E-state index contributed by atoms with van der Waals surface area (Å²) in [5, 5.41) is 13.5. The van der Waals surface area contributed by atoms with Gasteiger partial charge in [-0.05, 0) is 60.9 Å². The number of hydrogen-bond acceptors (Lipinski definition) is 7. The first-order valence-electron chi connectivity index (χ1n) is 12.9. The van der Waals surface area contributed by atoms with Gasteiger partial charge in [-0.1, -0.05) is 35.0 Å². The van der Waals surface area contributed by atoms with Crippen LogP contribution in [0.15, 0.2) is 73.2 Å². The van der Waals surface area contributed by atoms with Gasteiger partial charge in [0.15, 0.2) is 0 Å². The van der Waals surface area contributed by atoms with Gasteiger partial charge >= 0.3 is 0 Å². The van der Waals surface area contributed by atoms with Crippen LogP contribution in [0.5, 0.6) is 5.75 Å². The van der Waals surface area contributed by atoms with Gasteiger partial charge in [0.05, 0.1) is 22.8 Å². The Kier molecular flexibility index (Phi) is 6.09. The number of rotatable bonds is 8. The van der Waals surface area contributed by atoms with E-state index in [1.54, 1.807) is 24.3 Å². The number of nitrogens with one attached hydrogen (secondary N) is 1. The molecule has 3 heterocycles. The molecule has 39 heavy (non-hydrogen) atoms. The highest BCUT2D eigenvalue weighted by atomic mass is 35.5. The molecule has 0 bridgehead atoms. The number of anilines is 2. The Morgan fingerprint density at radius 3 is 2.72 bits per heavy atom. The zero-order valence-corrected chi connectivity index (χ0v) is 21.7. The number of fused-ring (bicyclic) bond motifs is 1. The van der Waals surface area contributed by atoms with Crippen LogP contribution in [0.1, 0.15) is 24.4 Å². The minimum Gasteiger partial charge on any atom is -0.487 e. The van der Waals surface area contributed by atoms with E-state index in [4.69, 9.17) is 16.3 Å². The molecule has 0 radical (unpaired) electrons. The van der Waals surface area contributed by atoms with E-state index >= 15 is 0 Å². The lowest BCUT2D eigenvalue weighted by Crippen LogP contribution is -2.48. The summed E-state index contributed by atoms with van der Waals surface area (Å²) in [4.78, 5) is 11.4. The van der Waals surface area contributed by atoms with Crippen molar-refractivity contribution in [2.24, 2.45) is 0 Å². The van der Waals surface area contributed by atoms with Crippen LogP contribution >= 0.6 is 11.6 Å². The molecule has 1 saturated carbocycles. The monoisotopic (exact) mass is 541 g/mol. The smallest absolute Gasteiger partial charge is 0.141 e. The predicted molar refractivity (Wildman–Crippen MR) is 148 cm³/mol. The van der Waals surface area contributed by atoms with Crippen molar-refractivity contribution in [2.75, 3.05) is 18.4 Å². The van der Waals surface area contributed by atoms with E-state index in [0.29, 0.717) is 22.6 Å². The van der Waals surface area contributed by atoms with Gasteiger partial charge in [-0.2, -0.15) is 0 Å². The third-order valence-electron chi connectivity index (χ3n) is 7.25. The van der Waals surface area contributed by atoms with Crippen molar-refractivity contribution in [3.63, 3.8) is 0 Å². The third-order valence-corrected chi connectivity index (χ3v) is 7.54. The van der Waals surface area contributed by atoms with Gasteiger partial charge < -0.3 is 10.1 Å². The summed E-state index contributed by atoms with van der Waals surface area (Å²) in [5.41, 5.74) is 4.05. The van der Waals surface area contributed by atoms with Crippen molar-refractivity contribution in [1.29, 1.82) is 0 Å². The Labute approximate surface area is 229 Å². The number of halogens is 2. The van der Waals surface area contributed by atoms with Crippen LogP contribution in [0, 0.1) is 5.82 Å². The quantitative estimate of drug-likeness (QED) is 0.257. The maximum atomic E-state index is 13.4. The lowest BCUT2D eigenvalue weighted by atomic mass is 10.1. The van der Waals surface area contributed by atoms with Gasteiger partial charge in [0, 0.05) is 35.8 Å². The molecule has 196 valence electrons. The summed E-state index contributed by atoms with van der Waals surface area (Å²) in [7, 11) is 0. The number of hydrogen-bond donors (Lipinski definition) is 1. The molecular weight excluding hydrogens is 517 g/mol. The summed E-state index contributed by atoms with van der Waals surface area (Å²) in [6.45, 7) is 2.31. The summed E-state index contributed by atoms with van der Waals surface area (Å²) < 4.78 is 21.2. The van der Waals surface area contributed by atoms with Gasteiger partial charge in [-0.25, -0.2) is 19.0 Å². The number of likely N-dealkylation sites (tertiary alicyclic amines) is 1. The van der Waals surface area contributed by atoms with Crippen LogP contribution in [0.4, 0.5) is 15.9 Å². The Morgan fingerprint density at radius 1 is 1.00 bits per heavy atom. The van der Waals surface area contributed by atoms with Crippen LogP contribution in [0.3, 0.4) is 0 Å². The van der Waals surface area contributed by atoms with Crippen LogP contribution in [-0.2, 0) is 6.61 Å². The molecule has 1 aliphatic carbocycles. The molecule has 1 N–H and O–H groups in total. The Morgan fingerprint density at radius 2 is 1.90 bits per heavy atom. The normalized spacial score (nSPS) is 15.8. The summed E-state index contributed by atoms with van der Waals surface area (Å²) in [6, 6.07) is 18.9. The molecule has 0 spiro atoms. The van der Waals surface area contributed by atoms with E-state index in [1.807, 2.05) is 35.1 Å². The molecule has 2 fully saturated rings. The third kappa shape index (κ3) is 5.03. The average Bonchev–Trinajstić information content (AvgIpc) is 3.63. The molecule has 1 saturated heterocycles. The van der Waals surface area contributed by atoms with E-state index < -0.39 is 0 Å². The number of benzene rings is 3. The molecule has 0 atom stereocenters. The zero-order valence-electron chi connectivity index (χ0n) is 21.0. The van der Waals surface area contributed by atoms with E-state index in [9.17, 15) is 4.39 Å². The highest BCUT2D eigenvalue weighted by Gasteiger charge is 2.39. The molecule has 2 aliphatic rings. The Bertz CT molecular complexity index is 1670. The number of nitrogens with zero attached hydrogens (tertiary/aromatic N) is 6. The second kappa shape index (κ2) is 9.91. The minimum atomic E-state index is -0.301. The summed E-state index contributed by atoms with van der Waals surface area (Å²) in [5.74, 6) is 0.860. The van der Waals surface area contributed by atoms with Crippen molar-refractivity contribution in [3.8, 4) is 17.0 Å². The van der Waals surface area contributed by atoms with Crippen LogP contribution in [0.2, 0.25) is 5.02 Å². The molecule has 1 aliphatic heterocycles. The molecular formula is C29H25ClFN7O. The van der Waals surface area contributed by atoms with Crippen LogP contribution in [0.25, 0.3) is 22.2 Å². The van der Waals surface area contributed by atoms with Gasteiger partial charge in [-0.3, -0.25) is 4.90 Å². The van der Waals surface area contributed by atoms with Gasteiger partial charge in [-0.15, -0.1) is 5.10 Å². The predicted octanol–water partition coefficient (Wildman–Crippen LogP) is 6.02. The van der Waals surface area contributed by atoms with Crippen molar-refractivity contribution >= 4 is 34.0 Å². The average molecular weight is 542 g/mol. The SMILES string of the molecule is Fc1cccc(COc2ccc(Nc3ncnc4ccc(-c5cn(C6CN(C7CC7)C6)nn5)cc34)cc2Cl)c1. The molecule has 5 aromatic rings. The topological polar surface area (TPSA) is 81.0 Å². The fourth-order valence-electron chi connectivity index (χ4n) is 4.92. The van der Waals surface area contributed by atoms with Crippen molar-refractivity contribution < 1.29 is 9.13 Å². The Hall–Kier alpha value is -4.08. The summed E-state index contributed by atoms with van der Waals surface area (Å²) in [6.07, 6.45) is 6.20. The largest absolute Gasteiger partial charge is 0.487 e. The second-order valence-corrected chi connectivity index (χ2v) is 10.5. The van der Waals surface area contributed by atoms with E-state index in [0.717, 1.165) is 52.5 Å². The fraction of sp³-hybridized carbons (Fsp3) is 0.241. The van der Waals surface area contributed by atoms with Crippen LogP contribution in [-0.4, -0.2) is 49.0 Å². The number of ether oxygens (including phenoxy) is 1. The van der Waals surface area contributed by atoms with Gasteiger partial charge in [0.1, 0.15) is 36.0 Å². The van der Waals surface area contributed by atoms with E-state index in [-0.39, 0.29) is 12.4 Å². The molecule has 10 heteroatoms. The molecule has 3 aromatic carbocycles. The highest BCUT2D eigenvalue weighted by Crippen LogP contribution is 2.35. The maximum absolute atomic E-state index is 13.4. The minimum absolute atomic E-state index is 0.216. The maximum Gasteiger partial charge on any atom is 0.141 e. The first-order valence-corrected chi connectivity index (χ1v) is 13.3. The van der Waals surface area contributed by atoms with Crippen molar-refractivity contribution in [1.82, 2.24) is 29.9 Å². The van der Waals surface area contributed by atoms with Crippen molar-refractivity contribution in [2.45, 2.75) is 31.5 Å².